The number of carbonyl (C=O) groups is 1. The third-order valence-corrected chi connectivity index (χ3v) is 5.98. The van der Waals surface area contributed by atoms with Crippen molar-refractivity contribution in [2.24, 2.45) is 18.0 Å². The first-order chi connectivity index (χ1) is 14.4. The summed E-state index contributed by atoms with van der Waals surface area (Å²) in [6.45, 7) is 9.40. The van der Waals surface area contributed by atoms with Gasteiger partial charge in [0.1, 0.15) is 0 Å². The number of nitrogens with one attached hydrogen (secondary N) is 2. The Hall–Kier alpha value is -2.09. The van der Waals surface area contributed by atoms with Gasteiger partial charge in [0.25, 0.3) is 0 Å². The molecule has 1 aromatic heterocycles. The standard InChI is InChI=1S/C22H41N7O/c1-7-17(8-2)21(30)29-12-10-19(11-13-29)26-22(23-9-3)24-15-20(27(4)5)18-14-25-28(6)16-18/h14,16-17,19-20H,7-13,15H2,1-6H3,(H2,23,24,26). The van der Waals surface area contributed by atoms with Gasteiger partial charge < -0.3 is 20.4 Å². The number of piperidine rings is 1. The van der Waals surface area contributed by atoms with E-state index in [0.717, 1.165) is 56.8 Å². The second kappa shape index (κ2) is 11.9. The van der Waals surface area contributed by atoms with E-state index in [-0.39, 0.29) is 12.0 Å². The van der Waals surface area contributed by atoms with Crippen molar-refractivity contribution in [3.05, 3.63) is 18.0 Å². The SMILES string of the molecule is CCNC(=NCC(c1cnn(C)c1)N(C)C)NC1CCN(C(=O)C(CC)CC)CC1. The van der Waals surface area contributed by atoms with E-state index in [4.69, 9.17) is 4.99 Å². The van der Waals surface area contributed by atoms with Crippen LogP contribution in [0.1, 0.15) is 58.1 Å². The highest BCUT2D eigenvalue weighted by Crippen LogP contribution is 2.19. The lowest BCUT2D eigenvalue weighted by atomic mass is 9.98. The van der Waals surface area contributed by atoms with Crippen molar-refractivity contribution < 1.29 is 4.79 Å². The zero-order valence-corrected chi connectivity index (χ0v) is 19.7. The molecule has 1 aromatic rings. The summed E-state index contributed by atoms with van der Waals surface area (Å²) in [4.78, 5) is 21.7. The molecule has 1 amide bonds. The normalized spacial score (nSPS) is 16.9. The number of aliphatic imine (C=N–C) groups is 1. The molecule has 1 unspecified atom stereocenters. The second-order valence-corrected chi connectivity index (χ2v) is 8.40. The predicted octanol–water partition coefficient (Wildman–Crippen LogP) is 2.01. The van der Waals surface area contributed by atoms with Crippen LogP contribution < -0.4 is 10.6 Å². The summed E-state index contributed by atoms with van der Waals surface area (Å²) < 4.78 is 1.83. The summed E-state index contributed by atoms with van der Waals surface area (Å²) in [7, 11) is 6.08. The average molecular weight is 420 g/mol. The number of hydrogen-bond acceptors (Lipinski definition) is 4. The van der Waals surface area contributed by atoms with E-state index in [0.29, 0.717) is 18.5 Å². The van der Waals surface area contributed by atoms with Crippen LogP contribution in [0.5, 0.6) is 0 Å². The number of hydrogen-bond donors (Lipinski definition) is 2. The number of likely N-dealkylation sites (N-methyl/N-ethyl adjacent to an activating group) is 1. The van der Waals surface area contributed by atoms with Gasteiger partial charge in [0.15, 0.2) is 5.96 Å². The van der Waals surface area contributed by atoms with Gasteiger partial charge in [0, 0.05) is 50.4 Å². The molecule has 170 valence electrons. The van der Waals surface area contributed by atoms with Crippen LogP contribution in [0, 0.1) is 5.92 Å². The number of guanidine groups is 1. The fourth-order valence-electron chi connectivity index (χ4n) is 4.01. The van der Waals surface area contributed by atoms with E-state index in [2.05, 4.69) is 55.5 Å². The molecule has 1 fully saturated rings. The molecule has 1 aliphatic rings. The van der Waals surface area contributed by atoms with Crippen LogP contribution in [0.4, 0.5) is 0 Å². The Morgan fingerprint density at radius 2 is 1.93 bits per heavy atom. The molecule has 0 bridgehead atoms. The average Bonchev–Trinajstić information content (AvgIpc) is 3.15. The van der Waals surface area contributed by atoms with Crippen molar-refractivity contribution in [3.8, 4) is 0 Å². The zero-order valence-electron chi connectivity index (χ0n) is 19.7. The minimum Gasteiger partial charge on any atom is -0.357 e. The summed E-state index contributed by atoms with van der Waals surface area (Å²) in [6.07, 6.45) is 7.72. The Morgan fingerprint density at radius 3 is 2.43 bits per heavy atom. The highest BCUT2D eigenvalue weighted by atomic mass is 16.2. The molecule has 1 saturated heterocycles. The van der Waals surface area contributed by atoms with Gasteiger partial charge in [-0.3, -0.25) is 14.5 Å². The van der Waals surface area contributed by atoms with Gasteiger partial charge in [-0.2, -0.15) is 5.10 Å². The molecular formula is C22H41N7O. The quantitative estimate of drug-likeness (QED) is 0.473. The number of amides is 1. The van der Waals surface area contributed by atoms with Gasteiger partial charge in [-0.15, -0.1) is 0 Å². The van der Waals surface area contributed by atoms with Crippen molar-refractivity contribution in [1.82, 2.24) is 30.2 Å². The van der Waals surface area contributed by atoms with Crippen LogP contribution in [0.3, 0.4) is 0 Å². The maximum atomic E-state index is 12.6. The first-order valence-electron chi connectivity index (χ1n) is 11.4. The third-order valence-electron chi connectivity index (χ3n) is 5.98. The van der Waals surface area contributed by atoms with Crippen LogP contribution in [0.2, 0.25) is 0 Å². The molecule has 0 aliphatic carbocycles. The summed E-state index contributed by atoms with van der Waals surface area (Å²) in [5.41, 5.74) is 1.16. The highest BCUT2D eigenvalue weighted by Gasteiger charge is 2.27. The van der Waals surface area contributed by atoms with E-state index >= 15 is 0 Å². The van der Waals surface area contributed by atoms with Gasteiger partial charge >= 0.3 is 0 Å². The number of nitrogens with zero attached hydrogens (tertiary/aromatic N) is 5. The van der Waals surface area contributed by atoms with Crippen LogP contribution in [-0.2, 0) is 11.8 Å². The molecule has 8 nitrogen and oxygen atoms in total. The molecular weight excluding hydrogens is 378 g/mol. The van der Waals surface area contributed by atoms with Crippen molar-refractivity contribution >= 4 is 11.9 Å². The monoisotopic (exact) mass is 419 g/mol. The minimum absolute atomic E-state index is 0.170. The summed E-state index contributed by atoms with van der Waals surface area (Å²) >= 11 is 0. The third kappa shape index (κ3) is 6.72. The predicted molar refractivity (Wildman–Crippen MR) is 122 cm³/mol. The van der Waals surface area contributed by atoms with E-state index in [1.54, 1.807) is 0 Å². The van der Waals surface area contributed by atoms with Crippen molar-refractivity contribution in [3.63, 3.8) is 0 Å². The molecule has 0 radical (unpaired) electrons. The molecule has 1 atom stereocenters. The first kappa shape index (κ1) is 24.2. The van der Waals surface area contributed by atoms with Crippen molar-refractivity contribution in [2.45, 2.75) is 58.5 Å². The molecule has 30 heavy (non-hydrogen) atoms. The summed E-state index contributed by atoms with van der Waals surface area (Å²) in [5, 5.41) is 11.3. The van der Waals surface area contributed by atoms with E-state index in [1.165, 1.54) is 0 Å². The fraction of sp³-hybridized carbons (Fsp3) is 0.773. The van der Waals surface area contributed by atoms with Gasteiger partial charge in [0.05, 0.1) is 18.8 Å². The zero-order chi connectivity index (χ0) is 22.1. The smallest absolute Gasteiger partial charge is 0.225 e. The Balaban J connectivity index is 1.94. The van der Waals surface area contributed by atoms with E-state index in [1.807, 2.05) is 29.0 Å². The topological polar surface area (TPSA) is 77.8 Å². The lowest BCUT2D eigenvalue weighted by Crippen LogP contribution is -2.50. The number of rotatable bonds is 9. The van der Waals surface area contributed by atoms with Crippen LogP contribution >= 0.6 is 0 Å². The number of aryl methyl sites for hydroxylation is 1. The molecule has 0 aromatic carbocycles. The second-order valence-electron chi connectivity index (χ2n) is 8.40. The Labute approximate surface area is 182 Å². The minimum atomic E-state index is 0.170. The van der Waals surface area contributed by atoms with Gasteiger partial charge in [-0.1, -0.05) is 13.8 Å². The molecule has 2 rings (SSSR count). The Kier molecular flexibility index (Phi) is 9.62. The van der Waals surface area contributed by atoms with Crippen LogP contribution in [0.25, 0.3) is 0 Å². The molecule has 2 N–H and O–H groups in total. The summed E-state index contributed by atoms with van der Waals surface area (Å²) in [5.74, 6) is 1.34. The lowest BCUT2D eigenvalue weighted by molar-refractivity contribution is -0.136. The van der Waals surface area contributed by atoms with Gasteiger partial charge in [-0.05, 0) is 46.7 Å². The number of likely N-dealkylation sites (tertiary alicyclic amines) is 1. The maximum Gasteiger partial charge on any atom is 0.225 e. The Bertz CT molecular complexity index is 673. The number of carbonyl (C=O) groups excluding carboxylic acids is 1. The molecule has 0 spiro atoms. The lowest BCUT2D eigenvalue weighted by Gasteiger charge is -2.35. The molecule has 8 heteroatoms. The first-order valence-corrected chi connectivity index (χ1v) is 11.4. The molecule has 2 heterocycles. The largest absolute Gasteiger partial charge is 0.357 e. The highest BCUT2D eigenvalue weighted by molar-refractivity contribution is 5.80. The van der Waals surface area contributed by atoms with Crippen molar-refractivity contribution in [2.75, 3.05) is 40.3 Å². The Morgan fingerprint density at radius 1 is 1.27 bits per heavy atom. The van der Waals surface area contributed by atoms with E-state index in [9.17, 15) is 4.79 Å². The van der Waals surface area contributed by atoms with Gasteiger partial charge in [0.2, 0.25) is 5.91 Å². The van der Waals surface area contributed by atoms with E-state index < -0.39 is 0 Å². The molecule has 0 saturated carbocycles. The van der Waals surface area contributed by atoms with Gasteiger partial charge in [-0.25, -0.2) is 0 Å². The molecule has 1 aliphatic heterocycles. The van der Waals surface area contributed by atoms with Crippen LogP contribution in [0.15, 0.2) is 17.4 Å². The maximum absolute atomic E-state index is 12.6. The fourth-order valence-corrected chi connectivity index (χ4v) is 4.01. The van der Waals surface area contributed by atoms with Crippen LogP contribution in [-0.4, -0.2) is 77.8 Å². The summed E-state index contributed by atoms with van der Waals surface area (Å²) in [6, 6.07) is 0.512. The van der Waals surface area contributed by atoms with Crippen molar-refractivity contribution in [1.29, 1.82) is 0 Å². The number of aromatic nitrogens is 2.